The van der Waals surface area contributed by atoms with E-state index in [-0.39, 0.29) is 5.91 Å². The zero-order chi connectivity index (χ0) is 18.8. The maximum absolute atomic E-state index is 13.0. The van der Waals surface area contributed by atoms with Gasteiger partial charge >= 0.3 is 6.03 Å². The topological polar surface area (TPSA) is 70.2 Å². The summed E-state index contributed by atoms with van der Waals surface area (Å²) in [7, 11) is 0. The van der Waals surface area contributed by atoms with Gasteiger partial charge in [0.1, 0.15) is 0 Å². The minimum absolute atomic E-state index is 0.319. The molecule has 1 atom stereocenters. The van der Waals surface area contributed by atoms with Crippen molar-refractivity contribution in [2.75, 3.05) is 5.32 Å². The van der Waals surface area contributed by atoms with Crippen LogP contribution in [-0.4, -0.2) is 11.9 Å². The normalized spacial score (nSPS) is 16.8. The first-order valence-corrected chi connectivity index (χ1v) is 8.72. The van der Waals surface area contributed by atoms with Crippen LogP contribution in [0.15, 0.2) is 53.7 Å². The maximum Gasteiger partial charge on any atom is 0.319 e. The average Bonchev–Trinajstić information content (AvgIpc) is 2.56. The van der Waals surface area contributed by atoms with E-state index in [0.717, 1.165) is 5.56 Å². The van der Waals surface area contributed by atoms with Crippen molar-refractivity contribution in [3.05, 3.63) is 74.9 Å². The van der Waals surface area contributed by atoms with E-state index in [9.17, 15) is 9.59 Å². The largest absolute Gasteiger partial charge is 0.327 e. The third-order valence-electron chi connectivity index (χ3n) is 4.18. The van der Waals surface area contributed by atoms with Crippen LogP contribution in [0.2, 0.25) is 10.0 Å². The Hall–Kier alpha value is -2.50. The molecule has 0 bridgehead atoms. The van der Waals surface area contributed by atoms with Crippen LogP contribution < -0.4 is 16.0 Å². The molecule has 5 nitrogen and oxygen atoms in total. The van der Waals surface area contributed by atoms with Gasteiger partial charge in [0.2, 0.25) is 0 Å². The van der Waals surface area contributed by atoms with Crippen LogP contribution in [0, 0.1) is 6.92 Å². The SMILES string of the molecule is CC1=C(C(=O)Nc2ccccc2C)C(c2ccc(Cl)cc2Cl)NC(=O)N1. The van der Waals surface area contributed by atoms with Gasteiger partial charge in [0.25, 0.3) is 5.91 Å². The van der Waals surface area contributed by atoms with E-state index >= 15 is 0 Å². The molecule has 0 aromatic heterocycles. The lowest BCUT2D eigenvalue weighted by Gasteiger charge is -2.29. The number of anilines is 1. The number of carbonyl (C=O) groups excluding carboxylic acids is 2. The van der Waals surface area contributed by atoms with Gasteiger partial charge in [-0.2, -0.15) is 0 Å². The lowest BCUT2D eigenvalue weighted by atomic mass is 9.94. The Morgan fingerprint density at radius 2 is 1.85 bits per heavy atom. The Morgan fingerprint density at radius 3 is 2.54 bits per heavy atom. The summed E-state index contributed by atoms with van der Waals surface area (Å²) in [4.78, 5) is 24.9. The zero-order valence-corrected chi connectivity index (χ0v) is 15.7. The number of carbonyl (C=O) groups is 2. The van der Waals surface area contributed by atoms with Crippen molar-refractivity contribution in [2.24, 2.45) is 0 Å². The number of benzene rings is 2. The molecule has 134 valence electrons. The summed E-state index contributed by atoms with van der Waals surface area (Å²) in [5.74, 6) is -0.319. The summed E-state index contributed by atoms with van der Waals surface area (Å²) >= 11 is 12.3. The van der Waals surface area contributed by atoms with Crippen molar-refractivity contribution in [1.29, 1.82) is 0 Å². The summed E-state index contributed by atoms with van der Waals surface area (Å²) in [6.45, 7) is 3.59. The van der Waals surface area contributed by atoms with Crippen LogP contribution in [0.5, 0.6) is 0 Å². The minimum Gasteiger partial charge on any atom is -0.327 e. The molecule has 1 unspecified atom stereocenters. The van der Waals surface area contributed by atoms with Crippen molar-refractivity contribution < 1.29 is 9.59 Å². The van der Waals surface area contributed by atoms with E-state index in [0.29, 0.717) is 32.6 Å². The van der Waals surface area contributed by atoms with Crippen molar-refractivity contribution in [1.82, 2.24) is 10.6 Å². The lowest BCUT2D eigenvalue weighted by molar-refractivity contribution is -0.113. The molecule has 0 aliphatic carbocycles. The Labute approximate surface area is 161 Å². The number of hydrogen-bond acceptors (Lipinski definition) is 2. The van der Waals surface area contributed by atoms with Gasteiger partial charge in [0, 0.05) is 21.4 Å². The number of para-hydroxylation sites is 1. The second-order valence-corrected chi connectivity index (χ2v) is 6.85. The summed E-state index contributed by atoms with van der Waals surface area (Å²) in [6, 6.07) is 11.3. The number of hydrogen-bond donors (Lipinski definition) is 3. The highest BCUT2D eigenvalue weighted by Crippen LogP contribution is 2.33. The molecule has 7 heteroatoms. The monoisotopic (exact) mass is 389 g/mol. The summed E-state index contributed by atoms with van der Waals surface area (Å²) in [5, 5.41) is 9.15. The molecule has 1 heterocycles. The Kier molecular flexibility index (Phi) is 5.20. The van der Waals surface area contributed by atoms with E-state index in [1.165, 1.54) is 0 Å². The molecule has 2 aromatic rings. The number of aryl methyl sites for hydroxylation is 1. The minimum atomic E-state index is -0.683. The van der Waals surface area contributed by atoms with Gasteiger partial charge in [0.15, 0.2) is 0 Å². The fraction of sp³-hybridized carbons (Fsp3) is 0.158. The Morgan fingerprint density at radius 1 is 1.12 bits per heavy atom. The number of halogens is 2. The second kappa shape index (κ2) is 7.40. The molecule has 1 aliphatic heterocycles. The smallest absolute Gasteiger partial charge is 0.319 e. The van der Waals surface area contributed by atoms with Crippen LogP contribution >= 0.6 is 23.2 Å². The molecule has 0 saturated carbocycles. The zero-order valence-electron chi connectivity index (χ0n) is 14.2. The van der Waals surface area contributed by atoms with Crippen molar-refractivity contribution >= 4 is 40.8 Å². The van der Waals surface area contributed by atoms with Crippen molar-refractivity contribution in [2.45, 2.75) is 19.9 Å². The third kappa shape index (κ3) is 3.69. The van der Waals surface area contributed by atoms with Gasteiger partial charge in [-0.1, -0.05) is 47.5 Å². The predicted molar refractivity (Wildman–Crippen MR) is 103 cm³/mol. The maximum atomic E-state index is 13.0. The predicted octanol–water partition coefficient (Wildman–Crippen LogP) is 4.57. The Balaban J connectivity index is 2.00. The number of amides is 3. The second-order valence-electron chi connectivity index (χ2n) is 6.01. The molecule has 3 N–H and O–H groups in total. The number of nitrogens with one attached hydrogen (secondary N) is 3. The highest BCUT2D eigenvalue weighted by atomic mass is 35.5. The van der Waals surface area contributed by atoms with Gasteiger partial charge in [-0.05, 0) is 43.2 Å². The first-order chi connectivity index (χ1) is 12.4. The van der Waals surface area contributed by atoms with Gasteiger partial charge < -0.3 is 16.0 Å². The van der Waals surface area contributed by atoms with Crippen LogP contribution in [0.1, 0.15) is 24.1 Å². The molecule has 1 aliphatic rings. The van der Waals surface area contributed by atoms with Crippen molar-refractivity contribution in [3.63, 3.8) is 0 Å². The molecule has 26 heavy (non-hydrogen) atoms. The van der Waals surface area contributed by atoms with Crippen molar-refractivity contribution in [3.8, 4) is 0 Å². The molecule has 0 spiro atoms. The molecular formula is C19H17Cl2N3O2. The van der Waals surface area contributed by atoms with E-state index in [4.69, 9.17) is 23.2 Å². The van der Waals surface area contributed by atoms with Crippen LogP contribution in [-0.2, 0) is 4.79 Å². The van der Waals surface area contributed by atoms with Gasteiger partial charge in [-0.3, -0.25) is 4.79 Å². The molecule has 0 radical (unpaired) electrons. The number of urea groups is 1. The molecule has 3 amide bonds. The first kappa shape index (κ1) is 18.3. The number of allylic oxidation sites excluding steroid dienone is 1. The summed E-state index contributed by atoms with van der Waals surface area (Å²) in [6.07, 6.45) is 0. The molecular weight excluding hydrogens is 373 g/mol. The molecule has 0 fully saturated rings. The molecule has 0 saturated heterocycles. The quantitative estimate of drug-likeness (QED) is 0.719. The Bertz CT molecular complexity index is 925. The molecule has 2 aromatic carbocycles. The van der Waals surface area contributed by atoms with E-state index in [2.05, 4.69) is 16.0 Å². The van der Waals surface area contributed by atoms with Gasteiger partial charge in [-0.15, -0.1) is 0 Å². The third-order valence-corrected chi connectivity index (χ3v) is 4.74. The summed E-state index contributed by atoms with van der Waals surface area (Å²) in [5.41, 5.74) is 3.09. The highest BCUT2D eigenvalue weighted by Gasteiger charge is 2.32. The van der Waals surface area contributed by atoms with Gasteiger partial charge in [0.05, 0.1) is 11.6 Å². The highest BCUT2D eigenvalue weighted by molar-refractivity contribution is 6.35. The number of rotatable bonds is 3. The standard InChI is InChI=1S/C19H17Cl2N3O2/c1-10-5-3-4-6-15(10)23-18(25)16-11(2)22-19(26)24-17(16)13-8-7-12(20)9-14(13)21/h3-9,17H,1-2H3,(H,23,25)(H2,22,24,26). The summed E-state index contributed by atoms with van der Waals surface area (Å²) < 4.78 is 0. The molecule has 3 rings (SSSR count). The fourth-order valence-electron chi connectivity index (χ4n) is 2.87. The van der Waals surface area contributed by atoms with E-state index in [1.54, 1.807) is 25.1 Å². The van der Waals surface area contributed by atoms with Gasteiger partial charge in [-0.25, -0.2) is 4.79 Å². The average molecular weight is 390 g/mol. The fourth-order valence-corrected chi connectivity index (χ4v) is 3.38. The van der Waals surface area contributed by atoms with Crippen LogP contribution in [0.4, 0.5) is 10.5 Å². The first-order valence-electron chi connectivity index (χ1n) is 7.97. The van der Waals surface area contributed by atoms with Crippen LogP contribution in [0.3, 0.4) is 0 Å². The van der Waals surface area contributed by atoms with Crippen LogP contribution in [0.25, 0.3) is 0 Å². The lowest BCUT2D eigenvalue weighted by Crippen LogP contribution is -2.46. The van der Waals surface area contributed by atoms with E-state index in [1.807, 2.05) is 31.2 Å². The van der Waals surface area contributed by atoms with E-state index < -0.39 is 12.1 Å².